The Labute approximate surface area is 165 Å². The summed E-state index contributed by atoms with van der Waals surface area (Å²) < 4.78 is 39.3. The van der Waals surface area contributed by atoms with Gasteiger partial charge in [0.2, 0.25) is 0 Å². The maximum atomic E-state index is 13.1. The van der Waals surface area contributed by atoms with Crippen molar-refractivity contribution in [1.82, 2.24) is 4.90 Å². The van der Waals surface area contributed by atoms with Crippen LogP contribution in [0.5, 0.6) is 0 Å². The second-order valence-electron chi connectivity index (χ2n) is 8.15. The van der Waals surface area contributed by atoms with Gasteiger partial charge in [0.05, 0.1) is 11.2 Å². The molecule has 1 aliphatic rings. The van der Waals surface area contributed by atoms with E-state index < -0.39 is 17.3 Å². The standard InChI is InChI=1S/C23H28F3NO/c1-27(2)21(18-10-4-3-5-11-18)20-13-6-7-14-22(20,28)16-17-9-8-12-19(15-17)23(24,25)26/h3-5,8-12,15,20-21,28H,6-7,13-14,16H2,1-2H3. The van der Waals surface area contributed by atoms with Crippen LogP contribution in [0.15, 0.2) is 54.6 Å². The lowest BCUT2D eigenvalue weighted by Gasteiger charge is -2.46. The highest BCUT2D eigenvalue weighted by molar-refractivity contribution is 5.28. The summed E-state index contributed by atoms with van der Waals surface area (Å²) in [6.07, 6.45) is -0.772. The molecule has 0 heterocycles. The van der Waals surface area contributed by atoms with E-state index in [1.807, 2.05) is 32.3 Å². The first-order chi connectivity index (χ1) is 13.2. The Morgan fingerprint density at radius 1 is 1.07 bits per heavy atom. The van der Waals surface area contributed by atoms with Gasteiger partial charge in [-0.1, -0.05) is 61.4 Å². The number of rotatable bonds is 5. The third-order valence-electron chi connectivity index (χ3n) is 5.91. The first-order valence-corrected chi connectivity index (χ1v) is 9.80. The lowest BCUT2D eigenvalue weighted by molar-refractivity contribution is -0.137. The fourth-order valence-electron chi connectivity index (χ4n) is 4.67. The molecule has 0 radical (unpaired) electrons. The minimum atomic E-state index is -4.37. The summed E-state index contributed by atoms with van der Waals surface area (Å²) >= 11 is 0. The van der Waals surface area contributed by atoms with Gasteiger partial charge in [0, 0.05) is 18.4 Å². The molecule has 5 heteroatoms. The van der Waals surface area contributed by atoms with Crippen LogP contribution < -0.4 is 0 Å². The van der Waals surface area contributed by atoms with E-state index in [2.05, 4.69) is 17.0 Å². The highest BCUT2D eigenvalue weighted by Gasteiger charge is 2.44. The quantitative estimate of drug-likeness (QED) is 0.730. The fourth-order valence-corrected chi connectivity index (χ4v) is 4.67. The summed E-state index contributed by atoms with van der Waals surface area (Å²) in [5, 5.41) is 11.7. The van der Waals surface area contributed by atoms with Crippen LogP contribution in [0, 0.1) is 5.92 Å². The van der Waals surface area contributed by atoms with E-state index in [1.165, 1.54) is 12.1 Å². The van der Waals surface area contributed by atoms with Crippen molar-refractivity contribution in [3.05, 3.63) is 71.3 Å². The monoisotopic (exact) mass is 391 g/mol. The molecule has 3 unspecified atom stereocenters. The van der Waals surface area contributed by atoms with Gasteiger partial charge < -0.3 is 10.0 Å². The largest absolute Gasteiger partial charge is 0.416 e. The van der Waals surface area contributed by atoms with Crippen molar-refractivity contribution in [3.8, 4) is 0 Å². The number of aliphatic hydroxyl groups is 1. The lowest BCUT2D eigenvalue weighted by atomic mass is 9.67. The highest BCUT2D eigenvalue weighted by Crippen LogP contribution is 2.45. The first-order valence-electron chi connectivity index (χ1n) is 9.80. The normalized spacial score (nSPS) is 24.3. The average molecular weight is 391 g/mol. The maximum absolute atomic E-state index is 13.1. The molecule has 2 aromatic rings. The molecule has 1 saturated carbocycles. The van der Waals surface area contributed by atoms with Gasteiger partial charge >= 0.3 is 6.18 Å². The van der Waals surface area contributed by atoms with Gasteiger partial charge in [-0.25, -0.2) is 0 Å². The second kappa shape index (κ2) is 8.26. The smallest absolute Gasteiger partial charge is 0.389 e. The van der Waals surface area contributed by atoms with Crippen molar-refractivity contribution in [2.45, 2.75) is 49.9 Å². The Kier molecular flexibility index (Phi) is 6.15. The molecule has 2 aromatic carbocycles. The zero-order valence-corrected chi connectivity index (χ0v) is 16.4. The van der Waals surface area contributed by atoms with Gasteiger partial charge in [-0.15, -0.1) is 0 Å². The van der Waals surface area contributed by atoms with E-state index in [0.717, 1.165) is 30.9 Å². The maximum Gasteiger partial charge on any atom is 0.416 e. The molecule has 1 aliphatic carbocycles. The SMILES string of the molecule is CN(C)C(c1ccccc1)C1CCCCC1(O)Cc1cccc(C(F)(F)F)c1. The Morgan fingerprint density at radius 3 is 2.43 bits per heavy atom. The van der Waals surface area contributed by atoms with Crippen LogP contribution in [0.2, 0.25) is 0 Å². The van der Waals surface area contributed by atoms with Crippen LogP contribution in [-0.2, 0) is 12.6 Å². The molecule has 3 rings (SSSR count). The third kappa shape index (κ3) is 4.58. The molecule has 0 bridgehead atoms. The molecule has 3 atom stereocenters. The topological polar surface area (TPSA) is 23.5 Å². The Hall–Kier alpha value is -1.85. The molecule has 0 amide bonds. The molecule has 1 fully saturated rings. The van der Waals surface area contributed by atoms with Gasteiger partial charge in [0.15, 0.2) is 0 Å². The van der Waals surface area contributed by atoms with Crippen LogP contribution in [-0.4, -0.2) is 29.7 Å². The molecule has 0 aromatic heterocycles. The molecule has 28 heavy (non-hydrogen) atoms. The summed E-state index contributed by atoms with van der Waals surface area (Å²) in [7, 11) is 3.99. The number of alkyl halides is 3. The van der Waals surface area contributed by atoms with Crippen LogP contribution in [0.4, 0.5) is 13.2 Å². The molecule has 0 saturated heterocycles. The number of hydrogen-bond donors (Lipinski definition) is 1. The van der Waals surface area contributed by atoms with Crippen molar-refractivity contribution < 1.29 is 18.3 Å². The third-order valence-corrected chi connectivity index (χ3v) is 5.91. The molecule has 152 valence electrons. The van der Waals surface area contributed by atoms with E-state index in [0.29, 0.717) is 12.0 Å². The van der Waals surface area contributed by atoms with Gasteiger partial charge in [-0.05, 0) is 44.1 Å². The lowest BCUT2D eigenvalue weighted by Crippen LogP contribution is -2.48. The minimum Gasteiger partial charge on any atom is -0.389 e. The van der Waals surface area contributed by atoms with Crippen LogP contribution >= 0.6 is 0 Å². The minimum absolute atomic E-state index is 0.0114. The van der Waals surface area contributed by atoms with Crippen LogP contribution in [0.25, 0.3) is 0 Å². The Balaban J connectivity index is 1.93. The van der Waals surface area contributed by atoms with Crippen molar-refractivity contribution in [2.24, 2.45) is 5.92 Å². The Bertz CT molecular complexity index is 775. The zero-order chi connectivity index (χ0) is 20.4. The molecule has 0 spiro atoms. The van der Waals surface area contributed by atoms with E-state index >= 15 is 0 Å². The number of halogens is 3. The molecular weight excluding hydrogens is 363 g/mol. The van der Waals surface area contributed by atoms with Crippen molar-refractivity contribution >= 4 is 0 Å². The van der Waals surface area contributed by atoms with E-state index in [-0.39, 0.29) is 18.4 Å². The Morgan fingerprint density at radius 2 is 1.79 bits per heavy atom. The molecule has 0 aliphatic heterocycles. The van der Waals surface area contributed by atoms with Gasteiger partial charge in [0.25, 0.3) is 0 Å². The average Bonchev–Trinajstić information content (AvgIpc) is 2.64. The van der Waals surface area contributed by atoms with Crippen LogP contribution in [0.1, 0.15) is 48.4 Å². The van der Waals surface area contributed by atoms with E-state index in [4.69, 9.17) is 0 Å². The predicted molar refractivity (Wildman–Crippen MR) is 105 cm³/mol. The van der Waals surface area contributed by atoms with Crippen molar-refractivity contribution in [3.63, 3.8) is 0 Å². The number of benzene rings is 2. The summed E-state index contributed by atoms with van der Waals surface area (Å²) in [5.74, 6) is -0.0480. The number of hydrogen-bond acceptors (Lipinski definition) is 2. The van der Waals surface area contributed by atoms with Crippen molar-refractivity contribution in [2.75, 3.05) is 14.1 Å². The first kappa shape index (κ1) is 20.9. The van der Waals surface area contributed by atoms with Gasteiger partial charge in [0.1, 0.15) is 0 Å². The zero-order valence-electron chi connectivity index (χ0n) is 16.4. The molecule has 2 nitrogen and oxygen atoms in total. The summed E-state index contributed by atoms with van der Waals surface area (Å²) in [6.45, 7) is 0. The highest BCUT2D eigenvalue weighted by atomic mass is 19.4. The molecular formula is C23H28F3NO. The summed E-state index contributed by atoms with van der Waals surface area (Å²) in [4.78, 5) is 2.11. The van der Waals surface area contributed by atoms with Crippen LogP contribution in [0.3, 0.4) is 0 Å². The second-order valence-corrected chi connectivity index (χ2v) is 8.15. The summed E-state index contributed by atoms with van der Waals surface area (Å²) in [5.41, 5.74) is -0.0300. The predicted octanol–water partition coefficient (Wildman–Crippen LogP) is 5.47. The van der Waals surface area contributed by atoms with E-state index in [9.17, 15) is 18.3 Å². The van der Waals surface area contributed by atoms with Crippen molar-refractivity contribution in [1.29, 1.82) is 0 Å². The molecule has 1 N–H and O–H groups in total. The van der Waals surface area contributed by atoms with Gasteiger partial charge in [-0.2, -0.15) is 13.2 Å². The number of nitrogens with zero attached hydrogens (tertiary/aromatic N) is 1. The van der Waals surface area contributed by atoms with Gasteiger partial charge in [-0.3, -0.25) is 0 Å². The summed E-state index contributed by atoms with van der Waals surface area (Å²) in [6, 6.07) is 15.4. The fraction of sp³-hybridized carbons (Fsp3) is 0.478. The van der Waals surface area contributed by atoms with E-state index in [1.54, 1.807) is 6.07 Å².